The van der Waals surface area contributed by atoms with E-state index in [1.165, 1.54) is 24.0 Å². The summed E-state index contributed by atoms with van der Waals surface area (Å²) in [5.41, 5.74) is 10.3. The SMILES string of the molecule is CC1NNC(C)C1CCN(C)C(=O)Nc1ccc2c(c1)CCC2. The third-order valence-electron chi connectivity index (χ3n) is 5.32. The first-order valence-electron chi connectivity index (χ1n) is 8.69. The van der Waals surface area contributed by atoms with E-state index in [4.69, 9.17) is 0 Å². The van der Waals surface area contributed by atoms with Crippen molar-refractivity contribution in [2.45, 2.75) is 51.6 Å². The molecule has 2 unspecified atom stereocenters. The van der Waals surface area contributed by atoms with E-state index in [1.54, 1.807) is 4.90 Å². The molecule has 1 aliphatic heterocycles. The van der Waals surface area contributed by atoms with Gasteiger partial charge in [-0.2, -0.15) is 0 Å². The monoisotopic (exact) mass is 316 g/mol. The van der Waals surface area contributed by atoms with Gasteiger partial charge in [-0.15, -0.1) is 0 Å². The van der Waals surface area contributed by atoms with Gasteiger partial charge in [-0.1, -0.05) is 6.07 Å². The first kappa shape index (κ1) is 16.3. The number of fused-ring (bicyclic) bond motifs is 1. The zero-order valence-corrected chi connectivity index (χ0v) is 14.4. The molecule has 5 heteroatoms. The maximum Gasteiger partial charge on any atom is 0.321 e. The third-order valence-corrected chi connectivity index (χ3v) is 5.32. The number of carbonyl (C=O) groups excluding carboxylic acids is 1. The van der Waals surface area contributed by atoms with Crippen LogP contribution in [-0.2, 0) is 12.8 Å². The van der Waals surface area contributed by atoms with Crippen LogP contribution in [0.4, 0.5) is 10.5 Å². The molecule has 2 aliphatic rings. The molecule has 23 heavy (non-hydrogen) atoms. The molecule has 1 aromatic carbocycles. The number of anilines is 1. The van der Waals surface area contributed by atoms with E-state index in [9.17, 15) is 4.79 Å². The first-order valence-corrected chi connectivity index (χ1v) is 8.69. The summed E-state index contributed by atoms with van der Waals surface area (Å²) in [7, 11) is 1.87. The van der Waals surface area contributed by atoms with E-state index in [0.29, 0.717) is 18.0 Å². The summed E-state index contributed by atoms with van der Waals surface area (Å²) in [5.74, 6) is 0.547. The molecule has 5 nitrogen and oxygen atoms in total. The Labute approximate surface area is 138 Å². The highest BCUT2D eigenvalue weighted by atomic mass is 16.2. The summed E-state index contributed by atoms with van der Waals surface area (Å²) in [6.07, 6.45) is 4.53. The van der Waals surface area contributed by atoms with E-state index >= 15 is 0 Å². The fraction of sp³-hybridized carbons (Fsp3) is 0.611. The van der Waals surface area contributed by atoms with Crippen LogP contribution in [0.15, 0.2) is 18.2 Å². The van der Waals surface area contributed by atoms with Crippen molar-refractivity contribution in [3.63, 3.8) is 0 Å². The molecule has 0 radical (unpaired) electrons. The lowest BCUT2D eigenvalue weighted by Crippen LogP contribution is -2.35. The molecule has 1 heterocycles. The highest BCUT2D eigenvalue weighted by Crippen LogP contribution is 2.25. The predicted molar refractivity (Wildman–Crippen MR) is 93.4 cm³/mol. The lowest BCUT2D eigenvalue weighted by molar-refractivity contribution is 0.217. The lowest BCUT2D eigenvalue weighted by atomic mass is 9.93. The number of benzene rings is 1. The number of hydrogen-bond donors (Lipinski definition) is 3. The average Bonchev–Trinajstić information content (AvgIpc) is 3.11. The van der Waals surface area contributed by atoms with E-state index in [1.807, 2.05) is 13.1 Å². The number of nitrogens with zero attached hydrogens (tertiary/aromatic N) is 1. The van der Waals surface area contributed by atoms with Gasteiger partial charge in [-0.3, -0.25) is 10.9 Å². The molecule has 2 amide bonds. The lowest BCUT2D eigenvalue weighted by Gasteiger charge is -2.23. The smallest absolute Gasteiger partial charge is 0.321 e. The van der Waals surface area contributed by atoms with Crippen molar-refractivity contribution < 1.29 is 4.79 Å². The summed E-state index contributed by atoms with van der Waals surface area (Å²) >= 11 is 0. The van der Waals surface area contributed by atoms with Crippen LogP contribution in [-0.4, -0.2) is 36.6 Å². The van der Waals surface area contributed by atoms with Gasteiger partial charge in [-0.05, 0) is 68.7 Å². The van der Waals surface area contributed by atoms with Gasteiger partial charge >= 0.3 is 6.03 Å². The topological polar surface area (TPSA) is 56.4 Å². The maximum atomic E-state index is 12.4. The predicted octanol–water partition coefficient (Wildman–Crippen LogP) is 2.53. The number of urea groups is 1. The minimum Gasteiger partial charge on any atom is -0.328 e. The largest absolute Gasteiger partial charge is 0.328 e. The van der Waals surface area contributed by atoms with Crippen molar-refractivity contribution in [3.8, 4) is 0 Å². The van der Waals surface area contributed by atoms with Crippen LogP contribution >= 0.6 is 0 Å². The Kier molecular flexibility index (Phi) is 4.87. The van der Waals surface area contributed by atoms with Crippen molar-refractivity contribution in [1.82, 2.24) is 15.8 Å². The van der Waals surface area contributed by atoms with Gasteiger partial charge in [-0.25, -0.2) is 4.79 Å². The summed E-state index contributed by atoms with van der Waals surface area (Å²) in [6, 6.07) is 7.16. The zero-order valence-electron chi connectivity index (χ0n) is 14.4. The van der Waals surface area contributed by atoms with Gasteiger partial charge in [0.1, 0.15) is 0 Å². The fourth-order valence-corrected chi connectivity index (χ4v) is 3.72. The Balaban J connectivity index is 1.51. The zero-order chi connectivity index (χ0) is 16.4. The second kappa shape index (κ2) is 6.89. The van der Waals surface area contributed by atoms with Gasteiger partial charge in [0.25, 0.3) is 0 Å². The van der Waals surface area contributed by atoms with Gasteiger partial charge in [0.2, 0.25) is 0 Å². The Hall–Kier alpha value is -1.59. The maximum absolute atomic E-state index is 12.4. The minimum absolute atomic E-state index is 0.0258. The van der Waals surface area contributed by atoms with Crippen LogP contribution in [0.5, 0.6) is 0 Å². The molecule has 0 spiro atoms. The summed E-state index contributed by atoms with van der Waals surface area (Å²) in [4.78, 5) is 14.1. The van der Waals surface area contributed by atoms with E-state index in [2.05, 4.69) is 42.1 Å². The van der Waals surface area contributed by atoms with Crippen LogP contribution in [0, 0.1) is 5.92 Å². The van der Waals surface area contributed by atoms with Crippen molar-refractivity contribution >= 4 is 11.7 Å². The minimum atomic E-state index is -0.0258. The average molecular weight is 316 g/mol. The molecule has 126 valence electrons. The first-order chi connectivity index (χ1) is 11.0. The molecular formula is C18H28N4O. The number of aryl methyl sites for hydroxylation is 2. The molecule has 1 aliphatic carbocycles. The second-order valence-electron chi connectivity index (χ2n) is 7.01. The molecule has 2 atom stereocenters. The van der Waals surface area contributed by atoms with Crippen LogP contribution in [0.25, 0.3) is 0 Å². The summed E-state index contributed by atoms with van der Waals surface area (Å²) < 4.78 is 0. The molecular weight excluding hydrogens is 288 g/mol. The molecule has 0 bridgehead atoms. The van der Waals surface area contributed by atoms with E-state index in [-0.39, 0.29) is 6.03 Å². The van der Waals surface area contributed by atoms with Gasteiger partial charge in [0.15, 0.2) is 0 Å². The van der Waals surface area contributed by atoms with Crippen molar-refractivity contribution in [2.75, 3.05) is 18.9 Å². The molecule has 1 saturated heterocycles. The molecule has 1 fully saturated rings. The van der Waals surface area contributed by atoms with Gasteiger partial charge in [0, 0.05) is 31.4 Å². The summed E-state index contributed by atoms with van der Waals surface area (Å²) in [6.45, 7) is 5.14. The number of carbonyl (C=O) groups is 1. The number of amides is 2. The number of nitrogens with one attached hydrogen (secondary N) is 3. The second-order valence-corrected chi connectivity index (χ2v) is 7.01. The van der Waals surface area contributed by atoms with Gasteiger partial charge in [0.05, 0.1) is 0 Å². The summed E-state index contributed by atoms with van der Waals surface area (Å²) in [5, 5.41) is 3.02. The highest BCUT2D eigenvalue weighted by molar-refractivity contribution is 5.89. The third kappa shape index (κ3) is 3.67. The van der Waals surface area contributed by atoms with Crippen molar-refractivity contribution in [1.29, 1.82) is 0 Å². The fourth-order valence-electron chi connectivity index (χ4n) is 3.72. The van der Waals surface area contributed by atoms with Crippen LogP contribution in [0.1, 0.15) is 37.8 Å². The Bertz CT molecular complexity index is 564. The number of hydrogen-bond acceptors (Lipinski definition) is 3. The van der Waals surface area contributed by atoms with Crippen molar-refractivity contribution in [3.05, 3.63) is 29.3 Å². The van der Waals surface area contributed by atoms with E-state index in [0.717, 1.165) is 25.1 Å². The van der Waals surface area contributed by atoms with Crippen LogP contribution in [0.3, 0.4) is 0 Å². The van der Waals surface area contributed by atoms with E-state index < -0.39 is 0 Å². The van der Waals surface area contributed by atoms with Crippen LogP contribution in [0.2, 0.25) is 0 Å². The van der Waals surface area contributed by atoms with Crippen molar-refractivity contribution in [2.24, 2.45) is 5.92 Å². The molecule has 3 N–H and O–H groups in total. The number of hydrazine groups is 1. The number of rotatable bonds is 4. The Morgan fingerprint density at radius 3 is 2.65 bits per heavy atom. The molecule has 3 rings (SSSR count). The Morgan fingerprint density at radius 1 is 1.22 bits per heavy atom. The van der Waals surface area contributed by atoms with Gasteiger partial charge < -0.3 is 10.2 Å². The normalized spacial score (nSPS) is 26.1. The molecule has 1 aromatic rings. The molecule has 0 aromatic heterocycles. The Morgan fingerprint density at radius 2 is 1.91 bits per heavy atom. The highest BCUT2D eigenvalue weighted by Gasteiger charge is 2.29. The quantitative estimate of drug-likeness (QED) is 0.800. The molecule has 0 saturated carbocycles. The van der Waals surface area contributed by atoms with Crippen LogP contribution < -0.4 is 16.2 Å². The standard InChI is InChI=1S/C18H28N4O/c1-12-17(13(2)21-20-12)9-10-22(3)18(23)19-16-8-7-14-5-4-6-15(14)11-16/h7-8,11-13,17,20-21H,4-6,9-10H2,1-3H3,(H,19,23).